The molecule has 4 aromatic rings. The summed E-state index contributed by atoms with van der Waals surface area (Å²) >= 11 is 0. The van der Waals surface area contributed by atoms with E-state index in [1.807, 2.05) is 6.07 Å². The van der Waals surface area contributed by atoms with Crippen LogP contribution < -0.4 is 0 Å². The summed E-state index contributed by atoms with van der Waals surface area (Å²) in [5, 5.41) is 22.9. The number of piperazine rings is 1. The van der Waals surface area contributed by atoms with E-state index in [0.717, 1.165) is 11.6 Å². The highest BCUT2D eigenvalue weighted by molar-refractivity contribution is 5.94. The van der Waals surface area contributed by atoms with Crippen molar-refractivity contribution in [1.82, 2.24) is 14.4 Å². The van der Waals surface area contributed by atoms with E-state index < -0.39 is 23.2 Å². The monoisotopic (exact) mass is 552 g/mol. The molecule has 1 aromatic heterocycles. The highest BCUT2D eigenvalue weighted by Gasteiger charge is 2.57. The molecular formula is C29H27F3N4O4. The summed E-state index contributed by atoms with van der Waals surface area (Å²) in [6.45, 7) is 0.126. The molecule has 40 heavy (non-hydrogen) atoms. The molecular weight excluding hydrogens is 525 g/mol. The molecule has 1 amide bonds. The molecule has 208 valence electrons. The van der Waals surface area contributed by atoms with Gasteiger partial charge in [0.15, 0.2) is 0 Å². The van der Waals surface area contributed by atoms with Crippen molar-refractivity contribution >= 4 is 22.5 Å². The van der Waals surface area contributed by atoms with Gasteiger partial charge < -0.3 is 14.6 Å². The molecule has 1 aliphatic heterocycles. The third-order valence-electron chi connectivity index (χ3n) is 7.32. The maximum absolute atomic E-state index is 14.7. The zero-order valence-electron chi connectivity index (χ0n) is 21.4. The van der Waals surface area contributed by atoms with Crippen molar-refractivity contribution in [2.24, 2.45) is 0 Å². The summed E-state index contributed by atoms with van der Waals surface area (Å²) in [5.41, 5.74) is -2.39. The van der Waals surface area contributed by atoms with Gasteiger partial charge in [0.1, 0.15) is 0 Å². The number of fused-ring (bicyclic) bond motifs is 1. The number of hydrogen-bond acceptors (Lipinski definition) is 5. The average Bonchev–Trinajstić information content (AvgIpc) is 3.31. The predicted molar refractivity (Wildman–Crippen MR) is 143 cm³/mol. The van der Waals surface area contributed by atoms with Crippen LogP contribution in [0.15, 0.2) is 85.1 Å². The number of carbonyl (C=O) groups is 1. The molecule has 8 nitrogen and oxygen atoms in total. The fourth-order valence-corrected chi connectivity index (χ4v) is 5.16. The van der Waals surface area contributed by atoms with Gasteiger partial charge in [0.05, 0.1) is 10.4 Å². The standard InChI is InChI=1S/C29H27F3N4O4/c30-29(31,32)28(38,20-33-13-15-34(16-14-33)27(37)22-9-5-2-6-10-22)25-19-35(18-21-7-3-1-4-8-21)26-17-23(36(39)40)11-12-24(25)26/h1-12,17,19,38H,13-16,18,20H2. The molecule has 3 aromatic carbocycles. The molecule has 1 aliphatic rings. The summed E-state index contributed by atoms with van der Waals surface area (Å²) < 4.78 is 45.6. The lowest BCUT2D eigenvalue weighted by molar-refractivity contribution is -0.384. The van der Waals surface area contributed by atoms with Crippen molar-refractivity contribution in [1.29, 1.82) is 0 Å². The Morgan fingerprint density at radius 3 is 2.15 bits per heavy atom. The van der Waals surface area contributed by atoms with E-state index in [1.165, 1.54) is 27.8 Å². The van der Waals surface area contributed by atoms with Crippen LogP contribution in [-0.4, -0.2) is 69.2 Å². The van der Waals surface area contributed by atoms with Crippen LogP contribution in [0.2, 0.25) is 0 Å². The lowest BCUT2D eigenvalue weighted by Gasteiger charge is -2.40. The fourth-order valence-electron chi connectivity index (χ4n) is 5.16. The number of non-ortho nitro benzene ring substituents is 1. The van der Waals surface area contributed by atoms with Gasteiger partial charge >= 0.3 is 6.18 Å². The van der Waals surface area contributed by atoms with Crippen molar-refractivity contribution in [2.45, 2.75) is 18.3 Å². The Morgan fingerprint density at radius 2 is 1.55 bits per heavy atom. The largest absolute Gasteiger partial charge is 0.422 e. The van der Waals surface area contributed by atoms with Crippen LogP contribution >= 0.6 is 0 Å². The highest BCUT2D eigenvalue weighted by Crippen LogP contribution is 2.44. The number of rotatable bonds is 7. The maximum atomic E-state index is 14.7. The number of nitro groups is 1. The smallest absolute Gasteiger partial charge is 0.375 e. The molecule has 1 saturated heterocycles. The number of alkyl halides is 3. The van der Waals surface area contributed by atoms with Crippen LogP contribution in [0.3, 0.4) is 0 Å². The van der Waals surface area contributed by atoms with Crippen LogP contribution in [0.25, 0.3) is 10.9 Å². The summed E-state index contributed by atoms with van der Waals surface area (Å²) in [5.74, 6) is -0.197. The first kappa shape index (κ1) is 27.4. The van der Waals surface area contributed by atoms with Crippen LogP contribution in [0, 0.1) is 10.1 Å². The number of aliphatic hydroxyl groups is 1. The molecule has 1 atom stereocenters. The molecule has 0 aliphatic carbocycles. The van der Waals surface area contributed by atoms with Gasteiger partial charge in [-0.1, -0.05) is 48.5 Å². The molecule has 0 spiro atoms. The normalized spacial score (nSPS) is 16.1. The molecule has 0 saturated carbocycles. The third kappa shape index (κ3) is 5.30. The number of nitro benzene ring substituents is 1. The van der Waals surface area contributed by atoms with E-state index >= 15 is 0 Å². The Labute approximate surface area is 228 Å². The molecule has 11 heteroatoms. The first-order chi connectivity index (χ1) is 19.1. The van der Waals surface area contributed by atoms with Gasteiger partial charge in [-0.05, 0) is 23.8 Å². The summed E-state index contributed by atoms with van der Waals surface area (Å²) in [7, 11) is 0. The fraction of sp³-hybridized carbons (Fsp3) is 0.276. The second-order valence-electron chi connectivity index (χ2n) is 9.91. The van der Waals surface area contributed by atoms with Crippen LogP contribution in [0.1, 0.15) is 21.5 Å². The topological polar surface area (TPSA) is 91.8 Å². The number of amides is 1. The first-order valence-corrected chi connectivity index (χ1v) is 12.7. The Hall–Kier alpha value is -4.22. The predicted octanol–water partition coefficient (Wildman–Crippen LogP) is 4.81. The van der Waals surface area contributed by atoms with Gasteiger partial charge in [-0.3, -0.25) is 19.8 Å². The van der Waals surface area contributed by atoms with Gasteiger partial charge in [0, 0.05) is 74.1 Å². The number of aromatic nitrogens is 1. The minimum atomic E-state index is -5.04. The number of hydrogen-bond donors (Lipinski definition) is 1. The number of β-amino-alcohol motifs (C(OH)–C–C–N with tert-alkyl or cyclic N) is 1. The van der Waals surface area contributed by atoms with Crippen molar-refractivity contribution < 1.29 is 28.0 Å². The number of benzene rings is 3. The van der Waals surface area contributed by atoms with E-state index in [9.17, 15) is 33.2 Å². The highest BCUT2D eigenvalue weighted by atomic mass is 19.4. The molecule has 0 radical (unpaired) electrons. The van der Waals surface area contributed by atoms with E-state index in [1.54, 1.807) is 59.5 Å². The van der Waals surface area contributed by atoms with Crippen molar-refractivity contribution in [2.75, 3.05) is 32.7 Å². The first-order valence-electron chi connectivity index (χ1n) is 12.7. The Bertz CT molecular complexity index is 1520. The van der Waals surface area contributed by atoms with E-state index in [2.05, 4.69) is 0 Å². The number of carbonyl (C=O) groups excluding carboxylic acids is 1. The lowest BCUT2D eigenvalue weighted by atomic mass is 9.91. The zero-order valence-corrected chi connectivity index (χ0v) is 21.4. The van der Waals surface area contributed by atoms with Gasteiger partial charge in [0.2, 0.25) is 5.60 Å². The Morgan fingerprint density at radius 1 is 0.925 bits per heavy atom. The van der Waals surface area contributed by atoms with Gasteiger partial charge in [-0.15, -0.1) is 0 Å². The van der Waals surface area contributed by atoms with Crippen LogP contribution in [-0.2, 0) is 12.1 Å². The van der Waals surface area contributed by atoms with Gasteiger partial charge in [-0.2, -0.15) is 13.2 Å². The lowest BCUT2D eigenvalue weighted by Crippen LogP contribution is -2.56. The van der Waals surface area contributed by atoms with E-state index in [0.29, 0.717) is 5.56 Å². The minimum Gasteiger partial charge on any atom is -0.375 e. The SMILES string of the molecule is O=C(c1ccccc1)N1CCN(CC(O)(c2cn(Cc3ccccc3)c3cc([N+](=O)[O-])ccc23)C(F)(F)F)CC1. The molecule has 1 fully saturated rings. The van der Waals surface area contributed by atoms with Crippen molar-refractivity contribution in [3.05, 3.63) is 112 Å². The molecule has 0 bridgehead atoms. The molecule has 5 rings (SSSR count). The van der Waals surface area contributed by atoms with Crippen molar-refractivity contribution in [3.63, 3.8) is 0 Å². The molecule has 2 heterocycles. The quantitative estimate of drug-likeness (QED) is 0.263. The molecule has 1 unspecified atom stereocenters. The van der Waals surface area contributed by atoms with Crippen LogP contribution in [0.4, 0.5) is 18.9 Å². The number of halogens is 3. The molecule has 1 N–H and O–H groups in total. The Balaban J connectivity index is 1.46. The summed E-state index contributed by atoms with van der Waals surface area (Å²) in [6, 6.07) is 21.3. The zero-order chi connectivity index (χ0) is 28.5. The second kappa shape index (κ2) is 10.7. The maximum Gasteiger partial charge on any atom is 0.422 e. The van der Waals surface area contributed by atoms with Gasteiger partial charge in [-0.25, -0.2) is 0 Å². The van der Waals surface area contributed by atoms with E-state index in [4.69, 9.17) is 0 Å². The van der Waals surface area contributed by atoms with Crippen LogP contribution in [0.5, 0.6) is 0 Å². The van der Waals surface area contributed by atoms with Gasteiger partial charge in [0.25, 0.3) is 11.6 Å². The Kier molecular flexibility index (Phi) is 7.35. The second-order valence-corrected chi connectivity index (χ2v) is 9.91. The average molecular weight is 553 g/mol. The van der Waals surface area contributed by atoms with Crippen molar-refractivity contribution in [3.8, 4) is 0 Å². The summed E-state index contributed by atoms with van der Waals surface area (Å²) in [6.07, 6.45) is -3.80. The summed E-state index contributed by atoms with van der Waals surface area (Å²) in [4.78, 5) is 26.7. The van der Waals surface area contributed by atoms with E-state index in [-0.39, 0.29) is 60.8 Å². The number of nitrogens with zero attached hydrogens (tertiary/aromatic N) is 4. The minimum absolute atomic E-state index is 0.0826. The third-order valence-corrected chi connectivity index (χ3v) is 7.32.